The number of rotatable bonds is 4. The molecule has 1 heterocycles. The van der Waals surface area contributed by atoms with Crippen LogP contribution >= 0.6 is 12.4 Å². The van der Waals surface area contributed by atoms with Crippen molar-refractivity contribution in [2.75, 3.05) is 13.1 Å². The standard InChI is InChI=1S/C20H24N2O.ClH/c1-15-11-12-21-14-19(15)22-20(23)18-10-6-5-9-17(18)13-16-7-3-2-4-8-16;/h2-10,15,19,21H,11-14H2,1H3,(H,22,23);1H. The van der Waals surface area contributed by atoms with Crippen LogP contribution in [-0.2, 0) is 6.42 Å². The summed E-state index contributed by atoms with van der Waals surface area (Å²) in [4.78, 5) is 12.7. The first-order valence-corrected chi connectivity index (χ1v) is 8.37. The zero-order valence-electron chi connectivity index (χ0n) is 14.0. The summed E-state index contributed by atoms with van der Waals surface area (Å²) in [5.74, 6) is 0.554. The SMILES string of the molecule is CC1CCNCC1NC(=O)c1ccccc1Cc1ccccc1.Cl. The van der Waals surface area contributed by atoms with Crippen molar-refractivity contribution in [3.8, 4) is 0 Å². The minimum Gasteiger partial charge on any atom is -0.348 e. The number of halogens is 1. The Morgan fingerprint density at radius 1 is 1.12 bits per heavy atom. The molecule has 0 saturated carbocycles. The van der Waals surface area contributed by atoms with Gasteiger partial charge in [-0.1, -0.05) is 55.5 Å². The van der Waals surface area contributed by atoms with Crippen LogP contribution < -0.4 is 10.6 Å². The van der Waals surface area contributed by atoms with E-state index in [-0.39, 0.29) is 24.4 Å². The topological polar surface area (TPSA) is 41.1 Å². The quantitative estimate of drug-likeness (QED) is 0.892. The van der Waals surface area contributed by atoms with Crippen LogP contribution in [0.3, 0.4) is 0 Å². The Balaban J connectivity index is 0.00000208. The lowest BCUT2D eigenvalue weighted by Crippen LogP contribution is -2.50. The second-order valence-corrected chi connectivity index (χ2v) is 6.37. The first-order valence-electron chi connectivity index (χ1n) is 8.37. The van der Waals surface area contributed by atoms with Gasteiger partial charge in [0.05, 0.1) is 0 Å². The lowest BCUT2D eigenvalue weighted by Gasteiger charge is -2.30. The highest BCUT2D eigenvalue weighted by atomic mass is 35.5. The van der Waals surface area contributed by atoms with E-state index in [4.69, 9.17) is 0 Å². The fraction of sp³-hybridized carbons (Fsp3) is 0.350. The zero-order chi connectivity index (χ0) is 16.1. The smallest absolute Gasteiger partial charge is 0.251 e. The third-order valence-corrected chi connectivity index (χ3v) is 4.64. The van der Waals surface area contributed by atoms with Crippen molar-refractivity contribution in [1.29, 1.82) is 0 Å². The maximum absolute atomic E-state index is 12.7. The van der Waals surface area contributed by atoms with Crippen LogP contribution in [0.4, 0.5) is 0 Å². The van der Waals surface area contributed by atoms with Gasteiger partial charge in [0, 0.05) is 18.2 Å². The molecule has 3 rings (SSSR count). The van der Waals surface area contributed by atoms with Gasteiger partial charge in [-0.2, -0.15) is 0 Å². The Bertz CT molecular complexity index is 660. The maximum Gasteiger partial charge on any atom is 0.251 e. The number of piperidine rings is 1. The van der Waals surface area contributed by atoms with Crippen LogP contribution in [0.25, 0.3) is 0 Å². The van der Waals surface area contributed by atoms with Crippen LogP contribution in [0.5, 0.6) is 0 Å². The number of hydrogen-bond donors (Lipinski definition) is 2. The summed E-state index contributed by atoms with van der Waals surface area (Å²) in [6.07, 6.45) is 1.89. The van der Waals surface area contributed by atoms with Crippen molar-refractivity contribution in [2.45, 2.75) is 25.8 Å². The van der Waals surface area contributed by atoms with Gasteiger partial charge in [-0.05, 0) is 42.5 Å². The van der Waals surface area contributed by atoms with E-state index in [0.29, 0.717) is 5.92 Å². The van der Waals surface area contributed by atoms with E-state index in [0.717, 1.165) is 37.1 Å². The molecule has 2 unspecified atom stereocenters. The van der Waals surface area contributed by atoms with Gasteiger partial charge in [0.2, 0.25) is 0 Å². The largest absolute Gasteiger partial charge is 0.348 e. The summed E-state index contributed by atoms with van der Waals surface area (Å²) in [5, 5.41) is 6.57. The van der Waals surface area contributed by atoms with E-state index in [1.807, 2.05) is 42.5 Å². The third kappa shape index (κ3) is 4.59. The van der Waals surface area contributed by atoms with Gasteiger partial charge < -0.3 is 10.6 Å². The zero-order valence-corrected chi connectivity index (χ0v) is 14.8. The van der Waals surface area contributed by atoms with Crippen molar-refractivity contribution in [1.82, 2.24) is 10.6 Å². The Morgan fingerprint density at radius 3 is 2.58 bits per heavy atom. The van der Waals surface area contributed by atoms with Gasteiger partial charge in [0.1, 0.15) is 0 Å². The van der Waals surface area contributed by atoms with Crippen molar-refractivity contribution in [3.63, 3.8) is 0 Å². The van der Waals surface area contributed by atoms with Crippen molar-refractivity contribution >= 4 is 18.3 Å². The molecule has 0 radical (unpaired) electrons. The first kappa shape index (κ1) is 18.5. The monoisotopic (exact) mass is 344 g/mol. The van der Waals surface area contributed by atoms with Crippen molar-refractivity contribution in [2.24, 2.45) is 5.92 Å². The Morgan fingerprint density at radius 2 is 1.83 bits per heavy atom. The summed E-state index contributed by atoms with van der Waals surface area (Å²) in [7, 11) is 0. The molecule has 2 atom stereocenters. The van der Waals surface area contributed by atoms with Gasteiger partial charge in [0.15, 0.2) is 0 Å². The highest BCUT2D eigenvalue weighted by Crippen LogP contribution is 2.16. The predicted octanol–water partition coefficient (Wildman–Crippen LogP) is 3.43. The summed E-state index contributed by atoms with van der Waals surface area (Å²) >= 11 is 0. The molecular weight excluding hydrogens is 320 g/mol. The van der Waals surface area contributed by atoms with E-state index in [1.165, 1.54) is 5.56 Å². The van der Waals surface area contributed by atoms with E-state index >= 15 is 0 Å². The summed E-state index contributed by atoms with van der Waals surface area (Å²) < 4.78 is 0. The third-order valence-electron chi connectivity index (χ3n) is 4.64. The van der Waals surface area contributed by atoms with E-state index in [1.54, 1.807) is 0 Å². The summed E-state index contributed by atoms with van der Waals surface area (Å²) in [6, 6.07) is 18.4. The lowest BCUT2D eigenvalue weighted by molar-refractivity contribution is 0.0914. The van der Waals surface area contributed by atoms with Crippen LogP contribution in [0.1, 0.15) is 34.8 Å². The molecule has 2 N–H and O–H groups in total. The fourth-order valence-corrected chi connectivity index (χ4v) is 3.14. The van der Waals surface area contributed by atoms with Gasteiger partial charge in [-0.25, -0.2) is 0 Å². The normalized spacial score (nSPS) is 20.0. The number of nitrogens with one attached hydrogen (secondary N) is 2. The lowest BCUT2D eigenvalue weighted by atomic mass is 9.94. The molecule has 1 fully saturated rings. The molecule has 4 heteroatoms. The fourth-order valence-electron chi connectivity index (χ4n) is 3.14. The Kier molecular flexibility index (Phi) is 6.83. The molecule has 1 aliphatic heterocycles. The van der Waals surface area contributed by atoms with Crippen LogP contribution in [0.15, 0.2) is 54.6 Å². The van der Waals surface area contributed by atoms with Crippen molar-refractivity contribution in [3.05, 3.63) is 71.3 Å². The van der Waals surface area contributed by atoms with Crippen LogP contribution in [-0.4, -0.2) is 25.0 Å². The molecule has 1 saturated heterocycles. The second-order valence-electron chi connectivity index (χ2n) is 6.37. The van der Waals surface area contributed by atoms with E-state index < -0.39 is 0 Å². The van der Waals surface area contributed by atoms with Crippen LogP contribution in [0.2, 0.25) is 0 Å². The molecule has 0 bridgehead atoms. The number of carbonyl (C=O) groups excluding carboxylic acids is 1. The molecule has 1 amide bonds. The number of amides is 1. The molecule has 0 aliphatic carbocycles. The molecule has 24 heavy (non-hydrogen) atoms. The number of carbonyl (C=O) groups is 1. The average Bonchev–Trinajstić information content (AvgIpc) is 2.58. The Hall–Kier alpha value is -1.84. The first-order chi connectivity index (χ1) is 11.2. The minimum absolute atomic E-state index is 0. The molecule has 3 nitrogen and oxygen atoms in total. The summed E-state index contributed by atoms with van der Waals surface area (Å²) in [5.41, 5.74) is 3.09. The molecule has 2 aromatic carbocycles. The highest BCUT2D eigenvalue weighted by molar-refractivity contribution is 5.96. The average molecular weight is 345 g/mol. The van der Waals surface area contributed by atoms with Gasteiger partial charge in [0.25, 0.3) is 5.91 Å². The predicted molar refractivity (Wildman–Crippen MR) is 101 cm³/mol. The number of hydrogen-bond acceptors (Lipinski definition) is 2. The van der Waals surface area contributed by atoms with E-state index in [9.17, 15) is 4.79 Å². The van der Waals surface area contributed by atoms with Gasteiger partial charge >= 0.3 is 0 Å². The second kappa shape index (κ2) is 8.86. The molecule has 0 spiro atoms. The molecule has 1 aliphatic rings. The Labute approximate surface area is 150 Å². The highest BCUT2D eigenvalue weighted by Gasteiger charge is 2.23. The van der Waals surface area contributed by atoms with Crippen molar-refractivity contribution < 1.29 is 4.79 Å². The number of benzene rings is 2. The van der Waals surface area contributed by atoms with Gasteiger partial charge in [-0.15, -0.1) is 12.4 Å². The minimum atomic E-state index is 0. The summed E-state index contributed by atoms with van der Waals surface area (Å²) in [6.45, 7) is 4.10. The molecular formula is C20H25ClN2O. The molecule has 0 aromatic heterocycles. The van der Waals surface area contributed by atoms with E-state index in [2.05, 4.69) is 29.7 Å². The van der Waals surface area contributed by atoms with Crippen LogP contribution in [0, 0.1) is 5.92 Å². The van der Waals surface area contributed by atoms with Gasteiger partial charge in [-0.3, -0.25) is 4.79 Å². The molecule has 128 valence electrons. The molecule has 2 aromatic rings. The maximum atomic E-state index is 12.7.